The number of carbonyl (C=O) groups excluding carboxylic acids is 2. The molecule has 6 heteroatoms. The van der Waals surface area contributed by atoms with E-state index in [0.29, 0.717) is 19.3 Å². The van der Waals surface area contributed by atoms with Crippen LogP contribution in [0.3, 0.4) is 0 Å². The van der Waals surface area contributed by atoms with Gasteiger partial charge in [-0.25, -0.2) is 4.39 Å². The normalized spacial score (nSPS) is 48.5. The zero-order chi connectivity index (χ0) is 22.8. The smallest absolute Gasteiger partial charge is 0.190 e. The van der Waals surface area contributed by atoms with Crippen LogP contribution in [-0.2, 0) is 14.3 Å². The highest BCUT2D eigenvalue weighted by atomic mass is 19.1. The van der Waals surface area contributed by atoms with Gasteiger partial charge in [-0.3, -0.25) is 9.59 Å². The second-order valence-electron chi connectivity index (χ2n) is 10.4. The van der Waals surface area contributed by atoms with Gasteiger partial charge >= 0.3 is 0 Å². The highest BCUT2D eigenvalue weighted by Gasteiger charge is 2.75. The number of carbonyl (C=O) groups is 2. The molecule has 0 aromatic rings. The van der Waals surface area contributed by atoms with Gasteiger partial charge in [-0.1, -0.05) is 31.6 Å². The van der Waals surface area contributed by atoms with E-state index in [1.165, 1.54) is 18.2 Å². The summed E-state index contributed by atoms with van der Waals surface area (Å²) < 4.78 is 22.4. The molecule has 0 bridgehead atoms. The minimum absolute atomic E-state index is 0.0244. The molecular weight excluding hydrogens is 399 g/mol. The quantitative estimate of drug-likeness (QED) is 0.515. The SMILES string of the molecule is C=CCOCC(=O)[C@@]1(O)[C@H](C)C[C@H]2[C@@H]3CCC4=CC(=O)C=C[C@]4(C)[C@@]3(F)[C@@H](O)C[C@@]21C. The Labute approximate surface area is 183 Å². The van der Waals surface area contributed by atoms with Gasteiger partial charge in [0.2, 0.25) is 0 Å². The summed E-state index contributed by atoms with van der Waals surface area (Å²) in [5, 5.41) is 23.0. The van der Waals surface area contributed by atoms with Crippen molar-refractivity contribution in [2.45, 2.75) is 63.8 Å². The second-order valence-corrected chi connectivity index (χ2v) is 10.4. The number of ether oxygens (including phenoxy) is 1. The number of ketones is 2. The van der Waals surface area contributed by atoms with Gasteiger partial charge in [-0.05, 0) is 56.6 Å². The molecule has 170 valence electrons. The van der Waals surface area contributed by atoms with Crippen LogP contribution < -0.4 is 0 Å². The average Bonchev–Trinajstić information content (AvgIpc) is 2.91. The summed E-state index contributed by atoms with van der Waals surface area (Å²) in [5.41, 5.74) is -4.99. The van der Waals surface area contributed by atoms with Crippen molar-refractivity contribution in [2.75, 3.05) is 13.2 Å². The van der Waals surface area contributed by atoms with E-state index < -0.39 is 39.9 Å². The van der Waals surface area contributed by atoms with Gasteiger partial charge in [0, 0.05) is 16.7 Å². The lowest BCUT2D eigenvalue weighted by molar-refractivity contribution is -0.219. The van der Waals surface area contributed by atoms with Crippen molar-refractivity contribution >= 4 is 11.6 Å². The first-order valence-electron chi connectivity index (χ1n) is 11.2. The highest BCUT2D eigenvalue weighted by Crippen LogP contribution is 2.70. The van der Waals surface area contributed by atoms with Crippen molar-refractivity contribution < 1.29 is 28.9 Å². The first kappa shape index (κ1) is 22.6. The fourth-order valence-electron chi connectivity index (χ4n) is 7.49. The van der Waals surface area contributed by atoms with Crippen molar-refractivity contribution in [2.24, 2.45) is 28.6 Å². The Morgan fingerprint density at radius 3 is 2.77 bits per heavy atom. The van der Waals surface area contributed by atoms with Crippen LogP contribution in [0.5, 0.6) is 0 Å². The molecule has 0 heterocycles. The second kappa shape index (κ2) is 7.19. The van der Waals surface area contributed by atoms with Crippen LogP contribution in [0.25, 0.3) is 0 Å². The van der Waals surface area contributed by atoms with Crippen LogP contribution in [-0.4, -0.2) is 52.4 Å². The van der Waals surface area contributed by atoms with Crippen molar-refractivity contribution in [1.82, 2.24) is 0 Å². The van der Waals surface area contributed by atoms with Gasteiger partial charge in [0.15, 0.2) is 17.2 Å². The van der Waals surface area contributed by atoms with Crippen molar-refractivity contribution in [3.8, 4) is 0 Å². The summed E-state index contributed by atoms with van der Waals surface area (Å²) >= 11 is 0. The van der Waals surface area contributed by atoms with Crippen LogP contribution in [0.1, 0.15) is 46.5 Å². The van der Waals surface area contributed by atoms with Crippen LogP contribution in [0, 0.1) is 28.6 Å². The Morgan fingerprint density at radius 1 is 1.39 bits per heavy atom. The minimum Gasteiger partial charge on any atom is -0.390 e. The van der Waals surface area contributed by atoms with Crippen LogP contribution in [0.15, 0.2) is 36.5 Å². The van der Waals surface area contributed by atoms with E-state index in [-0.39, 0.29) is 37.3 Å². The predicted octanol–water partition coefficient (Wildman–Crippen LogP) is 3.11. The maximum atomic E-state index is 17.0. The lowest BCUT2D eigenvalue weighted by Crippen LogP contribution is -2.69. The number of hydrogen-bond donors (Lipinski definition) is 2. The van der Waals surface area contributed by atoms with Gasteiger partial charge in [-0.15, -0.1) is 6.58 Å². The number of alkyl halides is 1. The Hall–Kier alpha value is -1.63. The summed E-state index contributed by atoms with van der Waals surface area (Å²) in [6.07, 6.45) is 6.19. The zero-order valence-electron chi connectivity index (χ0n) is 18.6. The van der Waals surface area contributed by atoms with E-state index in [0.717, 1.165) is 5.57 Å². The highest BCUT2D eigenvalue weighted by molar-refractivity contribution is 6.01. The number of aliphatic hydroxyl groups is 2. The molecule has 0 radical (unpaired) electrons. The summed E-state index contributed by atoms with van der Waals surface area (Å²) in [5.74, 6) is -1.76. The third kappa shape index (κ3) is 2.71. The van der Waals surface area contributed by atoms with Gasteiger partial charge in [0.05, 0.1) is 12.7 Å². The number of fused-ring (bicyclic) bond motifs is 5. The van der Waals surface area contributed by atoms with E-state index in [1.54, 1.807) is 13.0 Å². The molecule has 0 unspecified atom stereocenters. The van der Waals surface area contributed by atoms with E-state index in [1.807, 2.05) is 13.8 Å². The van der Waals surface area contributed by atoms with Crippen molar-refractivity contribution in [1.29, 1.82) is 0 Å². The van der Waals surface area contributed by atoms with Gasteiger partial charge in [0.1, 0.15) is 12.2 Å². The Kier molecular flexibility index (Phi) is 5.23. The molecule has 3 saturated carbocycles. The molecule has 31 heavy (non-hydrogen) atoms. The third-order valence-corrected chi connectivity index (χ3v) is 9.12. The van der Waals surface area contributed by atoms with Gasteiger partial charge in [-0.2, -0.15) is 0 Å². The molecule has 0 aliphatic heterocycles. The summed E-state index contributed by atoms with van der Waals surface area (Å²) in [4.78, 5) is 25.1. The Bertz CT molecular complexity index is 879. The van der Waals surface area contributed by atoms with Gasteiger partial charge < -0.3 is 14.9 Å². The summed E-state index contributed by atoms with van der Waals surface area (Å²) in [6.45, 7) is 8.94. The number of allylic oxidation sites excluding steroid dienone is 4. The molecule has 2 N–H and O–H groups in total. The Morgan fingerprint density at radius 2 is 2.10 bits per heavy atom. The molecule has 0 saturated heterocycles. The number of rotatable bonds is 5. The maximum absolute atomic E-state index is 17.0. The first-order valence-corrected chi connectivity index (χ1v) is 11.2. The zero-order valence-corrected chi connectivity index (χ0v) is 18.6. The number of Topliss-reactive ketones (excluding diaryl/α,β-unsaturated/α-hetero) is 1. The van der Waals surface area contributed by atoms with Crippen LogP contribution in [0.4, 0.5) is 4.39 Å². The van der Waals surface area contributed by atoms with Crippen LogP contribution >= 0.6 is 0 Å². The predicted molar refractivity (Wildman–Crippen MR) is 114 cm³/mol. The number of hydrogen-bond acceptors (Lipinski definition) is 5. The monoisotopic (exact) mass is 432 g/mol. The topological polar surface area (TPSA) is 83.8 Å². The van der Waals surface area contributed by atoms with Gasteiger partial charge in [0.25, 0.3) is 0 Å². The lowest BCUT2D eigenvalue weighted by Gasteiger charge is -2.62. The largest absolute Gasteiger partial charge is 0.390 e. The fourth-order valence-corrected chi connectivity index (χ4v) is 7.49. The molecule has 5 nitrogen and oxygen atoms in total. The van der Waals surface area contributed by atoms with Crippen LogP contribution in [0.2, 0.25) is 0 Å². The molecule has 0 spiro atoms. The molecule has 8 atom stereocenters. The molecule has 0 aromatic heterocycles. The summed E-state index contributed by atoms with van der Waals surface area (Å²) in [7, 11) is 0. The molecule has 0 amide bonds. The van der Waals surface area contributed by atoms with Crippen molar-refractivity contribution in [3.63, 3.8) is 0 Å². The maximum Gasteiger partial charge on any atom is 0.190 e. The van der Waals surface area contributed by atoms with Crippen molar-refractivity contribution in [3.05, 3.63) is 36.5 Å². The molecule has 4 aliphatic carbocycles. The number of halogens is 1. The lowest BCUT2D eigenvalue weighted by atomic mass is 9.44. The molecule has 0 aromatic carbocycles. The van der Waals surface area contributed by atoms with E-state index in [9.17, 15) is 19.8 Å². The van der Waals surface area contributed by atoms with E-state index >= 15 is 4.39 Å². The standard InChI is InChI=1S/C25H33FO5/c1-5-10-31-14-21(29)25(30)15(2)11-19-18-7-6-16-12-17(27)8-9-22(16,3)24(18,26)20(28)13-23(19,25)4/h5,8-9,12,15,18-20,28,30H,1,6-7,10-11,13-14H2,2-4H3/t15-,18+,19+,20+,22+,23+,24+,25+/m1/s1. The number of aliphatic hydroxyl groups excluding tert-OH is 1. The molecule has 4 aliphatic rings. The Balaban J connectivity index is 1.74. The summed E-state index contributed by atoms with van der Waals surface area (Å²) in [6, 6.07) is 0. The van der Waals surface area contributed by atoms with E-state index in [2.05, 4.69) is 6.58 Å². The minimum atomic E-state index is -1.97. The van der Waals surface area contributed by atoms with E-state index in [4.69, 9.17) is 4.74 Å². The third-order valence-electron chi connectivity index (χ3n) is 9.12. The average molecular weight is 433 g/mol. The molecular formula is C25H33FO5. The first-order chi connectivity index (χ1) is 14.5. The molecule has 4 rings (SSSR count). The molecule has 3 fully saturated rings. The fraction of sp³-hybridized carbons (Fsp3) is 0.680.